The highest BCUT2D eigenvalue weighted by atomic mass is 19.1. The number of benzene rings is 3. The highest BCUT2D eigenvalue weighted by Crippen LogP contribution is 2.30. The summed E-state index contributed by atoms with van der Waals surface area (Å²) < 4.78 is 24.4. The van der Waals surface area contributed by atoms with Crippen LogP contribution in [0.2, 0.25) is 0 Å². The average Bonchev–Trinajstić information content (AvgIpc) is 2.86. The summed E-state index contributed by atoms with van der Waals surface area (Å²) >= 11 is 0. The Kier molecular flexibility index (Phi) is 7.32. The van der Waals surface area contributed by atoms with E-state index in [0.717, 1.165) is 16.9 Å². The number of carbonyl (C=O) groups excluding carboxylic acids is 2. The Bertz CT molecular complexity index is 1200. The van der Waals surface area contributed by atoms with E-state index in [1.165, 1.54) is 12.1 Å². The van der Waals surface area contributed by atoms with Crippen molar-refractivity contribution in [3.05, 3.63) is 101 Å². The fraction of sp³-hybridized carbons (Fsp3) is 0.222. The summed E-state index contributed by atoms with van der Waals surface area (Å²) in [4.78, 5) is 29.9. The van der Waals surface area contributed by atoms with Gasteiger partial charge in [-0.05, 0) is 53.8 Å². The summed E-state index contributed by atoms with van der Waals surface area (Å²) in [5.74, 6) is -1.00. The van der Waals surface area contributed by atoms with Gasteiger partial charge in [-0.25, -0.2) is 14.2 Å². The van der Waals surface area contributed by atoms with Gasteiger partial charge in [0.2, 0.25) is 0 Å². The van der Waals surface area contributed by atoms with Crippen LogP contribution < -0.4 is 10.1 Å². The summed E-state index contributed by atoms with van der Waals surface area (Å²) in [5.41, 5.74) is 2.76. The van der Waals surface area contributed by atoms with Crippen molar-refractivity contribution in [2.45, 2.75) is 25.5 Å². The standard InChI is InChI=1S/C27H25FN2O4/c1-33-22-12-6-7-18(16-22)13-14-23-24(26(31)34-17-19-8-5-11-21(28)15-19)25(30-27(32)29-23)20-9-3-2-4-10-20/h2-12,15-16,24-25H,13-14,17H2,1H3,(H,30,32). The SMILES string of the molecule is COc1cccc(CCC2=NC(=O)NC(c3ccccc3)C2C(=O)OCc2cccc(F)c2)c1. The number of halogens is 1. The van der Waals surface area contributed by atoms with Crippen molar-refractivity contribution in [1.82, 2.24) is 5.32 Å². The summed E-state index contributed by atoms with van der Waals surface area (Å²) in [6, 6.07) is 21.7. The molecule has 0 saturated carbocycles. The van der Waals surface area contributed by atoms with Gasteiger partial charge in [-0.1, -0.05) is 54.6 Å². The zero-order chi connectivity index (χ0) is 23.9. The lowest BCUT2D eigenvalue weighted by Crippen LogP contribution is -2.45. The zero-order valence-corrected chi connectivity index (χ0v) is 18.7. The van der Waals surface area contributed by atoms with E-state index in [0.29, 0.717) is 24.1 Å². The number of aryl methyl sites for hydroxylation is 1. The van der Waals surface area contributed by atoms with Gasteiger partial charge in [0.25, 0.3) is 0 Å². The van der Waals surface area contributed by atoms with E-state index in [1.807, 2.05) is 54.6 Å². The number of esters is 1. The molecular formula is C27H25FN2O4. The Morgan fingerprint density at radius 1 is 0.971 bits per heavy atom. The molecule has 0 aliphatic carbocycles. The Morgan fingerprint density at radius 2 is 1.74 bits per heavy atom. The van der Waals surface area contributed by atoms with Crippen molar-refractivity contribution >= 4 is 17.7 Å². The predicted octanol–water partition coefficient (Wildman–Crippen LogP) is 5.03. The topological polar surface area (TPSA) is 77.0 Å². The number of hydrogen-bond acceptors (Lipinski definition) is 4. The Hall–Kier alpha value is -4.00. The van der Waals surface area contributed by atoms with E-state index in [9.17, 15) is 14.0 Å². The van der Waals surface area contributed by atoms with Crippen LogP contribution in [0.3, 0.4) is 0 Å². The predicted molar refractivity (Wildman–Crippen MR) is 126 cm³/mol. The Balaban J connectivity index is 1.58. The van der Waals surface area contributed by atoms with Gasteiger partial charge in [0.05, 0.1) is 13.2 Å². The molecule has 7 heteroatoms. The molecule has 34 heavy (non-hydrogen) atoms. The van der Waals surface area contributed by atoms with Gasteiger partial charge < -0.3 is 14.8 Å². The quantitative estimate of drug-likeness (QED) is 0.478. The van der Waals surface area contributed by atoms with Gasteiger partial charge in [-0.15, -0.1) is 0 Å². The molecule has 1 aliphatic rings. The van der Waals surface area contributed by atoms with E-state index < -0.39 is 29.8 Å². The van der Waals surface area contributed by atoms with Crippen molar-refractivity contribution in [3.8, 4) is 5.75 Å². The van der Waals surface area contributed by atoms with Crippen molar-refractivity contribution in [2.75, 3.05) is 7.11 Å². The molecule has 3 aromatic rings. The second-order valence-corrected chi connectivity index (χ2v) is 8.01. The number of nitrogens with one attached hydrogen (secondary N) is 1. The Labute approximate surface area is 197 Å². The van der Waals surface area contributed by atoms with Crippen molar-refractivity contribution in [2.24, 2.45) is 10.9 Å². The van der Waals surface area contributed by atoms with Gasteiger partial charge in [0.1, 0.15) is 24.1 Å². The van der Waals surface area contributed by atoms with Gasteiger partial charge in [0.15, 0.2) is 0 Å². The van der Waals surface area contributed by atoms with E-state index >= 15 is 0 Å². The molecule has 2 amide bonds. The van der Waals surface area contributed by atoms with Crippen LogP contribution in [-0.4, -0.2) is 24.8 Å². The van der Waals surface area contributed by atoms with Crippen LogP contribution >= 0.6 is 0 Å². The normalized spacial score (nSPS) is 17.5. The number of ether oxygens (including phenoxy) is 2. The van der Waals surface area contributed by atoms with Crippen molar-refractivity contribution < 1.29 is 23.5 Å². The van der Waals surface area contributed by atoms with E-state index in [-0.39, 0.29) is 6.61 Å². The number of amides is 2. The lowest BCUT2D eigenvalue weighted by molar-refractivity contribution is -0.148. The average molecular weight is 461 g/mol. The molecule has 0 fully saturated rings. The first-order valence-electron chi connectivity index (χ1n) is 11.0. The third-order valence-electron chi connectivity index (χ3n) is 5.70. The van der Waals surface area contributed by atoms with Crippen LogP contribution in [-0.2, 0) is 22.6 Å². The molecule has 2 unspecified atom stereocenters. The molecule has 2 atom stereocenters. The largest absolute Gasteiger partial charge is 0.497 e. The number of hydrogen-bond donors (Lipinski definition) is 1. The molecular weight excluding hydrogens is 435 g/mol. The van der Waals surface area contributed by atoms with E-state index in [2.05, 4.69) is 10.3 Å². The number of nitrogens with zero attached hydrogens (tertiary/aromatic N) is 1. The molecule has 6 nitrogen and oxygen atoms in total. The monoisotopic (exact) mass is 460 g/mol. The van der Waals surface area contributed by atoms with Gasteiger partial charge >= 0.3 is 12.0 Å². The molecule has 0 saturated heterocycles. The summed E-state index contributed by atoms with van der Waals surface area (Å²) in [7, 11) is 1.60. The van der Waals surface area contributed by atoms with Gasteiger partial charge in [0, 0.05) is 5.71 Å². The summed E-state index contributed by atoms with van der Waals surface area (Å²) in [6.07, 6.45) is 0.960. The first-order valence-corrected chi connectivity index (χ1v) is 11.0. The highest BCUT2D eigenvalue weighted by Gasteiger charge is 2.39. The molecule has 1 aliphatic heterocycles. The number of rotatable bonds is 8. The minimum Gasteiger partial charge on any atom is -0.497 e. The second-order valence-electron chi connectivity index (χ2n) is 8.01. The van der Waals surface area contributed by atoms with E-state index in [4.69, 9.17) is 9.47 Å². The van der Waals surface area contributed by atoms with Gasteiger partial charge in [-0.2, -0.15) is 0 Å². The maximum atomic E-state index is 13.5. The van der Waals surface area contributed by atoms with Crippen LogP contribution in [0.25, 0.3) is 0 Å². The molecule has 174 valence electrons. The minimum absolute atomic E-state index is 0.0777. The summed E-state index contributed by atoms with van der Waals surface area (Å²) in [5, 5.41) is 2.81. The lowest BCUT2D eigenvalue weighted by Gasteiger charge is -2.31. The van der Waals surface area contributed by atoms with Crippen molar-refractivity contribution in [3.63, 3.8) is 0 Å². The molecule has 1 N–H and O–H groups in total. The fourth-order valence-electron chi connectivity index (χ4n) is 4.03. The number of aliphatic imine (C=N–C) groups is 1. The van der Waals surface area contributed by atoms with Crippen molar-refractivity contribution in [1.29, 1.82) is 0 Å². The molecule has 0 spiro atoms. The fourth-order valence-corrected chi connectivity index (χ4v) is 4.03. The first kappa shape index (κ1) is 23.2. The third kappa shape index (κ3) is 5.67. The molecule has 0 aromatic heterocycles. The second kappa shape index (κ2) is 10.7. The van der Waals surface area contributed by atoms with Crippen LogP contribution in [0, 0.1) is 11.7 Å². The van der Waals surface area contributed by atoms with Gasteiger partial charge in [-0.3, -0.25) is 4.79 Å². The summed E-state index contributed by atoms with van der Waals surface area (Å²) in [6.45, 7) is -0.0777. The first-order chi connectivity index (χ1) is 16.5. The highest BCUT2D eigenvalue weighted by molar-refractivity contribution is 6.09. The van der Waals surface area contributed by atoms with Crippen LogP contribution in [0.5, 0.6) is 5.75 Å². The number of urea groups is 1. The lowest BCUT2D eigenvalue weighted by atomic mass is 9.85. The zero-order valence-electron chi connectivity index (χ0n) is 18.7. The smallest absolute Gasteiger partial charge is 0.341 e. The third-order valence-corrected chi connectivity index (χ3v) is 5.70. The van der Waals surface area contributed by atoms with Crippen LogP contribution in [0.15, 0.2) is 83.9 Å². The maximum Gasteiger partial charge on any atom is 0.341 e. The number of carbonyl (C=O) groups is 2. The molecule has 3 aromatic carbocycles. The Morgan fingerprint density at radius 3 is 2.50 bits per heavy atom. The van der Waals surface area contributed by atoms with E-state index in [1.54, 1.807) is 19.2 Å². The molecule has 0 radical (unpaired) electrons. The minimum atomic E-state index is -0.806. The van der Waals surface area contributed by atoms with Crippen LogP contribution in [0.4, 0.5) is 9.18 Å². The molecule has 4 rings (SSSR count). The maximum absolute atomic E-state index is 13.5. The molecule has 0 bridgehead atoms. The molecule has 1 heterocycles. The van der Waals surface area contributed by atoms with Crippen LogP contribution in [0.1, 0.15) is 29.2 Å². The number of methoxy groups -OCH3 is 1.